The molecule has 1 saturated carbocycles. The highest BCUT2D eigenvalue weighted by Gasteiger charge is 2.55. The third-order valence-corrected chi connectivity index (χ3v) is 6.64. The van der Waals surface area contributed by atoms with Crippen LogP contribution in [0.3, 0.4) is 0 Å². The number of fused-ring (bicyclic) bond motifs is 1. The van der Waals surface area contributed by atoms with E-state index >= 15 is 0 Å². The lowest BCUT2D eigenvalue weighted by molar-refractivity contribution is -0.149. The fourth-order valence-corrected chi connectivity index (χ4v) is 4.84. The van der Waals surface area contributed by atoms with E-state index in [4.69, 9.17) is 0 Å². The third-order valence-electron chi connectivity index (χ3n) is 5.27. The number of sulfonamides is 1. The molecule has 2 N–H and O–H groups in total. The number of likely N-dealkylation sites (tertiary alicyclic amines) is 1. The van der Waals surface area contributed by atoms with Crippen molar-refractivity contribution < 1.29 is 23.1 Å². The second-order valence-electron chi connectivity index (χ2n) is 6.77. The van der Waals surface area contributed by atoms with E-state index in [9.17, 15) is 23.1 Å². The summed E-state index contributed by atoms with van der Waals surface area (Å²) in [6, 6.07) is -0.257. The van der Waals surface area contributed by atoms with Crippen molar-refractivity contribution in [2.24, 2.45) is 11.3 Å². The molecule has 2 aliphatic rings. The molecule has 24 heavy (non-hydrogen) atoms. The molecule has 0 radical (unpaired) electrons. The van der Waals surface area contributed by atoms with Gasteiger partial charge in [-0.25, -0.2) is 17.5 Å². The molecule has 1 heterocycles. The first-order chi connectivity index (χ1) is 11.2. The molecular weight excluding hydrogens is 334 g/mol. The fourth-order valence-electron chi connectivity index (χ4n) is 3.91. The summed E-state index contributed by atoms with van der Waals surface area (Å²) in [6.07, 6.45) is 4.09. The zero-order valence-electron chi connectivity index (χ0n) is 14.3. The number of urea groups is 1. The average Bonchev–Trinajstić information content (AvgIpc) is 3.03. The van der Waals surface area contributed by atoms with Crippen molar-refractivity contribution >= 4 is 22.0 Å². The topological polar surface area (TPSA) is 107 Å². The summed E-state index contributed by atoms with van der Waals surface area (Å²) in [5.41, 5.74) is -0.771. The molecule has 1 aliphatic carbocycles. The van der Waals surface area contributed by atoms with Crippen LogP contribution in [0.1, 0.15) is 32.6 Å². The van der Waals surface area contributed by atoms with Gasteiger partial charge in [-0.1, -0.05) is 13.3 Å². The van der Waals surface area contributed by atoms with Gasteiger partial charge in [0, 0.05) is 32.7 Å². The second kappa shape index (κ2) is 7.26. The van der Waals surface area contributed by atoms with Crippen molar-refractivity contribution in [3.8, 4) is 0 Å². The van der Waals surface area contributed by atoms with Crippen LogP contribution in [0.15, 0.2) is 0 Å². The largest absolute Gasteiger partial charge is 0.481 e. The van der Waals surface area contributed by atoms with Crippen LogP contribution in [0.25, 0.3) is 0 Å². The minimum atomic E-state index is -3.21. The molecule has 0 aromatic heterocycles. The Morgan fingerprint density at radius 2 is 2.12 bits per heavy atom. The lowest BCUT2D eigenvalue weighted by Crippen LogP contribution is -2.42. The van der Waals surface area contributed by atoms with Crippen LogP contribution in [0.5, 0.6) is 0 Å². The SMILES string of the molecule is CCN(CCCNC(=O)N1C[C@@H]2CCC[C@@]2(C(=O)O)C1)S(C)(=O)=O. The van der Waals surface area contributed by atoms with Gasteiger partial charge < -0.3 is 15.3 Å². The fraction of sp³-hybridized carbons (Fsp3) is 0.867. The molecule has 138 valence electrons. The molecule has 2 amide bonds. The number of aliphatic carboxylic acids is 1. The quantitative estimate of drug-likeness (QED) is 0.644. The molecule has 1 aliphatic heterocycles. The van der Waals surface area contributed by atoms with E-state index in [0.717, 1.165) is 12.8 Å². The molecule has 0 aromatic rings. The molecule has 0 spiro atoms. The van der Waals surface area contributed by atoms with Gasteiger partial charge in [-0.15, -0.1) is 0 Å². The highest BCUT2D eigenvalue weighted by molar-refractivity contribution is 7.88. The molecule has 0 aromatic carbocycles. The van der Waals surface area contributed by atoms with Crippen LogP contribution < -0.4 is 5.32 Å². The lowest BCUT2D eigenvalue weighted by Gasteiger charge is -2.23. The normalized spacial score (nSPS) is 26.6. The maximum Gasteiger partial charge on any atom is 0.317 e. The van der Waals surface area contributed by atoms with Gasteiger partial charge in [-0.2, -0.15) is 0 Å². The number of carboxylic acid groups (broad SMARTS) is 1. The Bertz CT molecular complexity index is 594. The van der Waals surface area contributed by atoms with Gasteiger partial charge in [0.05, 0.1) is 11.7 Å². The Morgan fingerprint density at radius 3 is 2.67 bits per heavy atom. The van der Waals surface area contributed by atoms with Crippen molar-refractivity contribution in [1.29, 1.82) is 0 Å². The van der Waals surface area contributed by atoms with E-state index in [-0.39, 0.29) is 18.5 Å². The number of carbonyl (C=O) groups is 2. The zero-order chi connectivity index (χ0) is 18.0. The summed E-state index contributed by atoms with van der Waals surface area (Å²) in [4.78, 5) is 25.4. The minimum absolute atomic E-state index is 0.0431. The Kier molecular flexibility index (Phi) is 5.74. The van der Waals surface area contributed by atoms with Crippen molar-refractivity contribution in [2.45, 2.75) is 32.6 Å². The summed E-state index contributed by atoms with van der Waals surface area (Å²) in [6.45, 7) is 3.66. The van der Waals surface area contributed by atoms with Crippen LogP contribution in [0.2, 0.25) is 0 Å². The number of hydrogen-bond acceptors (Lipinski definition) is 4. The van der Waals surface area contributed by atoms with Gasteiger partial charge in [0.1, 0.15) is 0 Å². The summed E-state index contributed by atoms with van der Waals surface area (Å²) in [7, 11) is -3.21. The van der Waals surface area contributed by atoms with Gasteiger partial charge in [0.25, 0.3) is 0 Å². The molecule has 2 fully saturated rings. The van der Waals surface area contributed by atoms with Gasteiger partial charge >= 0.3 is 12.0 Å². The molecule has 1 saturated heterocycles. The van der Waals surface area contributed by atoms with Crippen LogP contribution in [-0.4, -0.2) is 73.7 Å². The first-order valence-electron chi connectivity index (χ1n) is 8.42. The van der Waals surface area contributed by atoms with E-state index in [2.05, 4.69) is 5.32 Å². The predicted octanol–water partition coefficient (Wildman–Crippen LogP) is 0.554. The summed E-state index contributed by atoms with van der Waals surface area (Å²) in [5, 5.41) is 12.3. The monoisotopic (exact) mass is 361 g/mol. The second-order valence-corrected chi connectivity index (χ2v) is 8.75. The van der Waals surface area contributed by atoms with E-state index in [1.165, 1.54) is 10.6 Å². The maximum atomic E-state index is 12.2. The molecular formula is C15H27N3O5S. The first kappa shape index (κ1) is 19.0. The predicted molar refractivity (Wildman–Crippen MR) is 89.1 cm³/mol. The van der Waals surface area contributed by atoms with E-state index < -0.39 is 21.4 Å². The van der Waals surface area contributed by atoms with Gasteiger partial charge in [-0.05, 0) is 25.2 Å². The van der Waals surface area contributed by atoms with E-state index in [0.29, 0.717) is 39.0 Å². The number of nitrogens with one attached hydrogen (secondary N) is 1. The molecule has 8 nitrogen and oxygen atoms in total. The smallest absolute Gasteiger partial charge is 0.317 e. The number of amides is 2. The van der Waals surface area contributed by atoms with Crippen molar-refractivity contribution in [3.05, 3.63) is 0 Å². The number of carbonyl (C=O) groups excluding carboxylic acids is 1. The summed E-state index contributed by atoms with van der Waals surface area (Å²) < 4.78 is 24.3. The van der Waals surface area contributed by atoms with Gasteiger partial charge in [0.2, 0.25) is 10.0 Å². The van der Waals surface area contributed by atoms with Crippen molar-refractivity contribution in [1.82, 2.24) is 14.5 Å². The first-order valence-corrected chi connectivity index (χ1v) is 10.3. The summed E-state index contributed by atoms with van der Waals surface area (Å²) >= 11 is 0. The maximum absolute atomic E-state index is 12.2. The van der Waals surface area contributed by atoms with Crippen LogP contribution >= 0.6 is 0 Å². The van der Waals surface area contributed by atoms with Crippen LogP contribution in [0.4, 0.5) is 4.79 Å². The molecule has 2 rings (SSSR count). The molecule has 9 heteroatoms. The zero-order valence-corrected chi connectivity index (χ0v) is 15.1. The minimum Gasteiger partial charge on any atom is -0.481 e. The number of carboxylic acids is 1. The van der Waals surface area contributed by atoms with E-state index in [1.54, 1.807) is 11.8 Å². The Morgan fingerprint density at radius 1 is 1.42 bits per heavy atom. The average molecular weight is 361 g/mol. The Labute approximate surface area is 143 Å². The van der Waals surface area contributed by atoms with E-state index in [1.807, 2.05) is 0 Å². The highest BCUT2D eigenvalue weighted by Crippen LogP contribution is 2.48. The Hall–Kier alpha value is -1.35. The van der Waals surface area contributed by atoms with Crippen LogP contribution in [-0.2, 0) is 14.8 Å². The lowest BCUT2D eigenvalue weighted by atomic mass is 9.81. The van der Waals surface area contributed by atoms with Crippen LogP contribution in [0, 0.1) is 11.3 Å². The number of hydrogen-bond donors (Lipinski definition) is 2. The van der Waals surface area contributed by atoms with Gasteiger partial charge in [-0.3, -0.25) is 4.79 Å². The van der Waals surface area contributed by atoms with Crippen molar-refractivity contribution in [3.63, 3.8) is 0 Å². The highest BCUT2D eigenvalue weighted by atomic mass is 32.2. The standard InChI is InChI=1S/C15H27N3O5S/c1-3-18(24(2,22)23)9-5-8-16-14(21)17-10-12-6-4-7-15(12,11-17)13(19)20/h12H,3-11H2,1-2H3,(H,16,21)(H,19,20)/t12-,15+/m0/s1. The molecule has 0 bridgehead atoms. The number of rotatable bonds is 7. The number of nitrogens with zero attached hydrogens (tertiary/aromatic N) is 2. The summed E-state index contributed by atoms with van der Waals surface area (Å²) in [5.74, 6) is -0.756. The van der Waals surface area contributed by atoms with Crippen molar-refractivity contribution in [2.75, 3.05) is 39.0 Å². The van der Waals surface area contributed by atoms with Gasteiger partial charge in [0.15, 0.2) is 0 Å². The molecule has 2 atom stereocenters. The Balaban J connectivity index is 1.79. The third kappa shape index (κ3) is 3.83. The molecule has 0 unspecified atom stereocenters.